The number of rotatable bonds is 3. The van der Waals surface area contributed by atoms with Gasteiger partial charge in [-0.15, -0.1) is 0 Å². The average molecular weight is 391 g/mol. The third-order valence-corrected chi connectivity index (χ3v) is 11.5. The maximum atomic E-state index is 11.9. The highest BCUT2D eigenvalue weighted by atomic mass is 16.3. The zero-order chi connectivity index (χ0) is 19.7. The molecule has 0 aromatic heterocycles. The van der Waals surface area contributed by atoms with Crippen molar-refractivity contribution in [3.05, 3.63) is 0 Å². The fraction of sp³-hybridized carbons (Fsp3) is 1.00. The first kappa shape index (κ1) is 18.6. The molecule has 6 aliphatic rings. The minimum absolute atomic E-state index is 0.0238. The first-order chi connectivity index (χ1) is 13.2. The molecular formula is C24H38O4. The standard InChI is InChI=1S/C24H38O4/c1-21-7-4-13(26)12-24(21,28)17-10-14(17)19-16(21)5-8-22(2)20(19)15-11-18(15)23(22,27)6-3-9-25/h13-20,25-28H,3-12H2,1-2H3/t13-,14-,15+,16?,17+,18-,19?,20?,21+,22-,23?,24+/m0/s1. The van der Waals surface area contributed by atoms with E-state index in [1.807, 2.05) is 0 Å². The van der Waals surface area contributed by atoms with E-state index in [-0.39, 0.29) is 23.5 Å². The highest BCUT2D eigenvalue weighted by molar-refractivity contribution is 5.29. The molecule has 0 aromatic carbocycles. The summed E-state index contributed by atoms with van der Waals surface area (Å²) >= 11 is 0. The number of fused-ring (bicyclic) bond motifs is 10. The summed E-state index contributed by atoms with van der Waals surface area (Å²) in [6.45, 7) is 4.87. The first-order valence-corrected chi connectivity index (χ1v) is 11.9. The van der Waals surface area contributed by atoms with E-state index in [4.69, 9.17) is 0 Å². The summed E-state index contributed by atoms with van der Waals surface area (Å²) < 4.78 is 0. The van der Waals surface area contributed by atoms with Gasteiger partial charge in [0, 0.05) is 13.0 Å². The van der Waals surface area contributed by atoms with Gasteiger partial charge in [-0.25, -0.2) is 0 Å². The Bertz CT molecular complexity index is 696. The normalized spacial score (nSPS) is 66.2. The van der Waals surface area contributed by atoms with Crippen molar-refractivity contribution in [1.29, 1.82) is 0 Å². The quantitative estimate of drug-likeness (QED) is 0.597. The van der Waals surface area contributed by atoms with Crippen LogP contribution < -0.4 is 0 Å². The van der Waals surface area contributed by atoms with Crippen molar-refractivity contribution in [2.45, 2.75) is 88.9 Å². The van der Waals surface area contributed by atoms with Gasteiger partial charge in [-0.2, -0.15) is 0 Å². The van der Waals surface area contributed by atoms with E-state index in [1.54, 1.807) is 0 Å². The van der Waals surface area contributed by atoms with Crippen LogP contribution in [0.1, 0.15) is 71.6 Å². The molecule has 0 aromatic rings. The highest BCUT2D eigenvalue weighted by Gasteiger charge is 2.80. The zero-order valence-corrected chi connectivity index (χ0v) is 17.5. The van der Waals surface area contributed by atoms with Gasteiger partial charge in [0.05, 0.1) is 17.3 Å². The predicted molar refractivity (Wildman–Crippen MR) is 105 cm³/mol. The van der Waals surface area contributed by atoms with Crippen LogP contribution in [-0.2, 0) is 0 Å². The Kier molecular flexibility index (Phi) is 3.56. The highest BCUT2D eigenvalue weighted by Crippen LogP contribution is 2.82. The summed E-state index contributed by atoms with van der Waals surface area (Å²) in [5.74, 6) is 3.82. The Labute approximate surface area is 168 Å². The SMILES string of the molecule is C[C@]12CCC3C(C1[C@@H]1C[C@@H]1C2(O)CCCO)[C@H]1C[C@H]1[C@]1(O)C[C@@H](O)CC[C@]31C. The van der Waals surface area contributed by atoms with Crippen molar-refractivity contribution in [2.75, 3.05) is 6.61 Å². The van der Waals surface area contributed by atoms with E-state index in [0.29, 0.717) is 54.3 Å². The summed E-state index contributed by atoms with van der Waals surface area (Å²) in [4.78, 5) is 0. The molecule has 6 fully saturated rings. The van der Waals surface area contributed by atoms with Gasteiger partial charge in [0.2, 0.25) is 0 Å². The molecule has 0 amide bonds. The monoisotopic (exact) mass is 390 g/mol. The lowest BCUT2D eigenvalue weighted by molar-refractivity contribution is -0.237. The summed E-state index contributed by atoms with van der Waals surface area (Å²) in [6, 6.07) is 0. The van der Waals surface area contributed by atoms with Crippen molar-refractivity contribution >= 4 is 0 Å². The van der Waals surface area contributed by atoms with Crippen LogP contribution >= 0.6 is 0 Å². The van der Waals surface area contributed by atoms with E-state index >= 15 is 0 Å². The maximum Gasteiger partial charge on any atom is 0.0759 e. The topological polar surface area (TPSA) is 80.9 Å². The second kappa shape index (κ2) is 5.36. The Morgan fingerprint density at radius 1 is 0.893 bits per heavy atom. The predicted octanol–water partition coefficient (Wildman–Crippen LogP) is 2.72. The van der Waals surface area contributed by atoms with Gasteiger partial charge in [-0.3, -0.25) is 0 Å². The van der Waals surface area contributed by atoms with Gasteiger partial charge in [0.15, 0.2) is 0 Å². The van der Waals surface area contributed by atoms with Gasteiger partial charge in [0.1, 0.15) is 0 Å². The molecule has 0 saturated heterocycles. The lowest BCUT2D eigenvalue weighted by Crippen LogP contribution is -2.65. The third-order valence-electron chi connectivity index (χ3n) is 11.5. The molecule has 6 saturated carbocycles. The van der Waals surface area contributed by atoms with E-state index in [2.05, 4.69) is 13.8 Å². The molecule has 0 aliphatic heterocycles. The van der Waals surface area contributed by atoms with Crippen LogP contribution in [0.4, 0.5) is 0 Å². The molecule has 6 rings (SSSR count). The van der Waals surface area contributed by atoms with Crippen LogP contribution in [0.25, 0.3) is 0 Å². The summed E-state index contributed by atoms with van der Waals surface area (Å²) in [6.07, 6.45) is 7.91. The molecule has 6 aliphatic carbocycles. The molecule has 12 atom stereocenters. The Morgan fingerprint density at radius 2 is 1.61 bits per heavy atom. The van der Waals surface area contributed by atoms with Crippen LogP contribution in [-0.4, -0.2) is 44.3 Å². The molecule has 0 heterocycles. The smallest absolute Gasteiger partial charge is 0.0759 e. The van der Waals surface area contributed by atoms with Gasteiger partial charge < -0.3 is 20.4 Å². The minimum atomic E-state index is -0.682. The van der Waals surface area contributed by atoms with E-state index in [1.165, 1.54) is 6.42 Å². The van der Waals surface area contributed by atoms with Gasteiger partial charge in [0.25, 0.3) is 0 Å². The maximum absolute atomic E-state index is 11.9. The second-order valence-electron chi connectivity index (χ2n) is 12.2. The van der Waals surface area contributed by atoms with Crippen molar-refractivity contribution in [1.82, 2.24) is 0 Å². The van der Waals surface area contributed by atoms with Gasteiger partial charge >= 0.3 is 0 Å². The summed E-state index contributed by atoms with van der Waals surface area (Å²) in [5, 5.41) is 43.4. The molecule has 4 unspecified atom stereocenters. The van der Waals surface area contributed by atoms with Gasteiger partial charge in [-0.1, -0.05) is 13.8 Å². The van der Waals surface area contributed by atoms with Crippen LogP contribution in [0.5, 0.6) is 0 Å². The molecule has 0 spiro atoms. The van der Waals surface area contributed by atoms with Crippen molar-refractivity contribution < 1.29 is 20.4 Å². The van der Waals surface area contributed by atoms with E-state index in [0.717, 1.165) is 38.5 Å². The fourth-order valence-electron chi connectivity index (χ4n) is 10.1. The third kappa shape index (κ3) is 1.89. The van der Waals surface area contributed by atoms with Crippen LogP contribution in [0, 0.1) is 52.3 Å². The minimum Gasteiger partial charge on any atom is -0.396 e. The molecule has 4 heteroatoms. The summed E-state index contributed by atoms with van der Waals surface area (Å²) in [5.41, 5.74) is -1.38. The Hall–Kier alpha value is -0.160. The number of hydrogen-bond acceptors (Lipinski definition) is 4. The molecule has 0 bridgehead atoms. The molecule has 4 nitrogen and oxygen atoms in total. The molecule has 28 heavy (non-hydrogen) atoms. The zero-order valence-electron chi connectivity index (χ0n) is 17.5. The first-order valence-electron chi connectivity index (χ1n) is 11.9. The fourth-order valence-corrected chi connectivity index (χ4v) is 10.1. The molecule has 0 radical (unpaired) electrons. The van der Waals surface area contributed by atoms with Crippen molar-refractivity contribution in [2.24, 2.45) is 52.3 Å². The van der Waals surface area contributed by atoms with Crippen LogP contribution in [0.3, 0.4) is 0 Å². The summed E-state index contributed by atoms with van der Waals surface area (Å²) in [7, 11) is 0. The number of aliphatic hydroxyl groups excluding tert-OH is 2. The van der Waals surface area contributed by atoms with Gasteiger partial charge in [-0.05, 0) is 104 Å². The molecule has 4 N–H and O–H groups in total. The van der Waals surface area contributed by atoms with E-state index in [9.17, 15) is 20.4 Å². The van der Waals surface area contributed by atoms with E-state index < -0.39 is 11.2 Å². The Balaban J connectivity index is 1.38. The molecule has 158 valence electrons. The average Bonchev–Trinajstić information content (AvgIpc) is 3.54. The lowest BCUT2D eigenvalue weighted by Gasteiger charge is -2.64. The second-order valence-corrected chi connectivity index (χ2v) is 12.2. The van der Waals surface area contributed by atoms with Crippen molar-refractivity contribution in [3.63, 3.8) is 0 Å². The number of hydrogen-bond donors (Lipinski definition) is 4. The van der Waals surface area contributed by atoms with Crippen LogP contribution in [0.15, 0.2) is 0 Å². The molecular weight excluding hydrogens is 352 g/mol. The van der Waals surface area contributed by atoms with Crippen molar-refractivity contribution in [3.8, 4) is 0 Å². The largest absolute Gasteiger partial charge is 0.396 e. The lowest BCUT2D eigenvalue weighted by atomic mass is 9.42. The number of aliphatic hydroxyl groups is 4. The Morgan fingerprint density at radius 3 is 2.36 bits per heavy atom. The van der Waals surface area contributed by atoms with Crippen LogP contribution in [0.2, 0.25) is 0 Å².